The average molecular weight is 549 g/mol. The maximum absolute atomic E-state index is 14.7. The number of carboxylic acids is 1. The lowest BCUT2D eigenvalue weighted by atomic mass is 9.88. The molecule has 0 aliphatic rings. The standard InChI is InChI=1S/C26H26ClFN2O6S/c1-15-9-11-21(28)23(16(15)2)17(3)24(26(32)33)30-37(34,35)22-12-10-19(27)13-20(22)25(31)29-36-14-18-7-5-4-6-8-18/h4-13,17,24,30H,14H2,1-3H3,(H,29,31)(H,32,33). The molecule has 3 N–H and O–H groups in total. The first-order valence-electron chi connectivity index (χ1n) is 11.2. The van der Waals surface area contributed by atoms with Crippen molar-refractivity contribution in [1.82, 2.24) is 10.2 Å². The van der Waals surface area contributed by atoms with Gasteiger partial charge in [-0.2, -0.15) is 4.72 Å². The Hall–Kier alpha value is -3.31. The van der Waals surface area contributed by atoms with Gasteiger partial charge in [0, 0.05) is 10.9 Å². The van der Waals surface area contributed by atoms with E-state index < -0.39 is 44.6 Å². The van der Waals surface area contributed by atoms with E-state index in [1.54, 1.807) is 44.2 Å². The summed E-state index contributed by atoms with van der Waals surface area (Å²) in [6.45, 7) is 4.81. The lowest BCUT2D eigenvalue weighted by molar-refractivity contribution is -0.139. The number of carboxylic acid groups (broad SMARTS) is 1. The Labute approximate surface area is 219 Å². The molecule has 0 saturated carbocycles. The van der Waals surface area contributed by atoms with Crippen LogP contribution in [0.15, 0.2) is 65.6 Å². The molecule has 3 aromatic rings. The van der Waals surface area contributed by atoms with Crippen LogP contribution in [0.1, 0.15) is 45.5 Å². The van der Waals surface area contributed by atoms with Gasteiger partial charge in [-0.05, 0) is 60.4 Å². The summed E-state index contributed by atoms with van der Waals surface area (Å²) < 4.78 is 43.4. The van der Waals surface area contributed by atoms with Gasteiger partial charge >= 0.3 is 5.97 Å². The van der Waals surface area contributed by atoms with Gasteiger partial charge in [0.05, 0.1) is 17.1 Å². The fraction of sp³-hybridized carbons (Fsp3) is 0.231. The number of hydroxylamine groups is 1. The summed E-state index contributed by atoms with van der Waals surface area (Å²) in [5, 5.41) is 9.92. The molecule has 11 heteroatoms. The van der Waals surface area contributed by atoms with Crippen LogP contribution in [0, 0.1) is 19.7 Å². The minimum atomic E-state index is -4.59. The topological polar surface area (TPSA) is 122 Å². The highest BCUT2D eigenvalue weighted by molar-refractivity contribution is 7.89. The van der Waals surface area contributed by atoms with Crippen LogP contribution in [0.5, 0.6) is 0 Å². The Balaban J connectivity index is 1.89. The van der Waals surface area contributed by atoms with E-state index in [-0.39, 0.29) is 22.8 Å². The van der Waals surface area contributed by atoms with Gasteiger partial charge in [0.15, 0.2) is 0 Å². The number of aliphatic carboxylic acids is 1. The van der Waals surface area contributed by atoms with Gasteiger partial charge in [-0.1, -0.05) is 54.9 Å². The van der Waals surface area contributed by atoms with Crippen molar-refractivity contribution in [2.75, 3.05) is 0 Å². The van der Waals surface area contributed by atoms with E-state index in [1.165, 1.54) is 19.1 Å². The minimum Gasteiger partial charge on any atom is -0.480 e. The molecular weight excluding hydrogens is 523 g/mol. The number of carbonyl (C=O) groups excluding carboxylic acids is 1. The van der Waals surface area contributed by atoms with Crippen LogP contribution in [0.4, 0.5) is 4.39 Å². The molecule has 0 aliphatic heterocycles. The van der Waals surface area contributed by atoms with Gasteiger partial charge in [0.2, 0.25) is 10.0 Å². The van der Waals surface area contributed by atoms with Crippen LogP contribution in [0.25, 0.3) is 0 Å². The molecule has 0 spiro atoms. The van der Waals surface area contributed by atoms with Crippen molar-refractivity contribution >= 4 is 33.5 Å². The zero-order valence-corrected chi connectivity index (χ0v) is 21.9. The molecule has 2 unspecified atom stereocenters. The number of halogens is 2. The molecule has 0 aromatic heterocycles. The third-order valence-corrected chi connectivity index (χ3v) is 7.69. The highest BCUT2D eigenvalue weighted by Gasteiger charge is 2.35. The molecular formula is C26H26ClFN2O6S. The Morgan fingerprint density at radius 1 is 1.08 bits per heavy atom. The molecule has 1 amide bonds. The maximum Gasteiger partial charge on any atom is 0.322 e. The van der Waals surface area contributed by atoms with Crippen LogP contribution in [0.3, 0.4) is 0 Å². The van der Waals surface area contributed by atoms with Crippen molar-refractivity contribution in [3.05, 3.63) is 99.3 Å². The van der Waals surface area contributed by atoms with Crippen LogP contribution >= 0.6 is 11.6 Å². The first-order chi connectivity index (χ1) is 17.4. The summed E-state index contributed by atoms with van der Waals surface area (Å²) in [5.41, 5.74) is 3.90. The molecule has 3 aromatic carbocycles. The molecule has 0 fully saturated rings. The van der Waals surface area contributed by atoms with Crippen molar-refractivity contribution in [2.45, 2.75) is 44.2 Å². The molecule has 3 rings (SSSR count). The number of nitrogens with one attached hydrogen (secondary N) is 2. The second kappa shape index (κ2) is 11.8. The fourth-order valence-electron chi connectivity index (χ4n) is 3.86. The van der Waals surface area contributed by atoms with E-state index in [4.69, 9.17) is 16.4 Å². The molecule has 196 valence electrons. The monoisotopic (exact) mass is 548 g/mol. The van der Waals surface area contributed by atoms with E-state index in [9.17, 15) is 27.5 Å². The Morgan fingerprint density at radius 2 is 1.76 bits per heavy atom. The second-order valence-corrected chi connectivity index (χ2v) is 10.6. The van der Waals surface area contributed by atoms with Crippen LogP contribution in [-0.4, -0.2) is 31.4 Å². The summed E-state index contributed by atoms with van der Waals surface area (Å²) >= 11 is 6.01. The minimum absolute atomic E-state index is 0.0213. The van der Waals surface area contributed by atoms with Crippen molar-refractivity contribution < 1.29 is 32.3 Å². The molecule has 0 radical (unpaired) electrons. The first-order valence-corrected chi connectivity index (χ1v) is 13.0. The van der Waals surface area contributed by atoms with Crippen molar-refractivity contribution in [3.8, 4) is 0 Å². The number of rotatable bonds is 10. The number of benzene rings is 3. The van der Waals surface area contributed by atoms with Crippen molar-refractivity contribution in [3.63, 3.8) is 0 Å². The number of amides is 1. The predicted molar refractivity (Wildman–Crippen MR) is 136 cm³/mol. The molecule has 0 bridgehead atoms. The molecule has 37 heavy (non-hydrogen) atoms. The van der Waals surface area contributed by atoms with E-state index in [1.807, 2.05) is 6.07 Å². The molecule has 2 atom stereocenters. The molecule has 0 saturated heterocycles. The third kappa shape index (κ3) is 6.72. The van der Waals surface area contributed by atoms with Crippen LogP contribution in [0.2, 0.25) is 5.02 Å². The van der Waals surface area contributed by atoms with Crippen LogP contribution in [-0.2, 0) is 26.3 Å². The van der Waals surface area contributed by atoms with E-state index in [0.717, 1.165) is 23.3 Å². The third-order valence-electron chi connectivity index (χ3n) is 5.96. The summed E-state index contributed by atoms with van der Waals surface area (Å²) in [7, 11) is -4.59. The second-order valence-electron chi connectivity index (χ2n) is 8.47. The van der Waals surface area contributed by atoms with Gasteiger partial charge in [0.25, 0.3) is 5.91 Å². The van der Waals surface area contributed by atoms with Gasteiger partial charge in [-0.15, -0.1) is 0 Å². The molecule has 8 nitrogen and oxygen atoms in total. The lowest BCUT2D eigenvalue weighted by Crippen LogP contribution is -2.45. The highest BCUT2D eigenvalue weighted by Crippen LogP contribution is 2.29. The van der Waals surface area contributed by atoms with Gasteiger partial charge in [0.1, 0.15) is 11.9 Å². The lowest BCUT2D eigenvalue weighted by Gasteiger charge is -2.24. The van der Waals surface area contributed by atoms with E-state index in [0.29, 0.717) is 5.56 Å². The predicted octanol–water partition coefficient (Wildman–Crippen LogP) is 4.49. The normalized spacial score (nSPS) is 13.1. The van der Waals surface area contributed by atoms with Gasteiger partial charge in [-0.25, -0.2) is 18.3 Å². The summed E-state index contributed by atoms with van der Waals surface area (Å²) in [6.07, 6.45) is 0. The van der Waals surface area contributed by atoms with Crippen LogP contribution < -0.4 is 10.2 Å². The Morgan fingerprint density at radius 3 is 2.41 bits per heavy atom. The Bertz CT molecular complexity index is 1420. The number of aryl methyl sites for hydroxylation is 1. The number of sulfonamides is 1. The zero-order valence-electron chi connectivity index (χ0n) is 20.3. The quantitative estimate of drug-likeness (QED) is 0.321. The van der Waals surface area contributed by atoms with Crippen molar-refractivity contribution in [1.29, 1.82) is 0 Å². The number of hydrogen-bond acceptors (Lipinski definition) is 5. The van der Waals surface area contributed by atoms with Crippen molar-refractivity contribution in [2.24, 2.45) is 0 Å². The molecule has 0 aliphatic carbocycles. The SMILES string of the molecule is Cc1ccc(F)c(C(C)C(NS(=O)(=O)c2ccc(Cl)cc2C(=O)NOCc2ccccc2)C(=O)O)c1C. The van der Waals surface area contributed by atoms with Gasteiger partial charge < -0.3 is 5.11 Å². The van der Waals surface area contributed by atoms with E-state index in [2.05, 4.69) is 10.2 Å². The zero-order chi connectivity index (χ0) is 27.3. The first kappa shape index (κ1) is 28.3. The summed E-state index contributed by atoms with van der Waals surface area (Å²) in [6, 6.07) is 13.4. The summed E-state index contributed by atoms with van der Waals surface area (Å²) in [5.74, 6) is -4.14. The Kier molecular flexibility index (Phi) is 9.03. The highest BCUT2D eigenvalue weighted by atomic mass is 35.5. The molecule has 0 heterocycles. The smallest absolute Gasteiger partial charge is 0.322 e. The largest absolute Gasteiger partial charge is 0.480 e. The van der Waals surface area contributed by atoms with E-state index >= 15 is 0 Å². The number of carbonyl (C=O) groups is 2. The average Bonchev–Trinajstić information content (AvgIpc) is 2.85. The maximum atomic E-state index is 14.7. The fourth-order valence-corrected chi connectivity index (χ4v) is 5.48. The summed E-state index contributed by atoms with van der Waals surface area (Å²) in [4.78, 5) is 29.6. The van der Waals surface area contributed by atoms with Gasteiger partial charge in [-0.3, -0.25) is 14.4 Å². The number of hydrogen-bond donors (Lipinski definition) is 3.